The van der Waals surface area contributed by atoms with Crippen molar-refractivity contribution in [2.75, 3.05) is 5.32 Å². The Labute approximate surface area is 201 Å². The smallest absolute Gasteiger partial charge is 0.349 e. The fourth-order valence-electron chi connectivity index (χ4n) is 3.59. The van der Waals surface area contributed by atoms with E-state index < -0.39 is 12.0 Å². The van der Waals surface area contributed by atoms with E-state index in [0.29, 0.717) is 26.3 Å². The lowest BCUT2D eigenvalue weighted by atomic mass is 10.1. The van der Waals surface area contributed by atoms with Gasteiger partial charge in [0, 0.05) is 5.69 Å². The van der Waals surface area contributed by atoms with Crippen molar-refractivity contribution in [3.8, 4) is 0 Å². The summed E-state index contributed by atoms with van der Waals surface area (Å²) in [5, 5.41) is 3.16. The molecule has 1 N–H and O–H groups in total. The third kappa shape index (κ3) is 4.77. The number of anilines is 1. The third-order valence-corrected chi connectivity index (χ3v) is 6.88. The zero-order valence-corrected chi connectivity index (χ0v) is 20.0. The van der Waals surface area contributed by atoms with E-state index in [-0.39, 0.29) is 18.1 Å². The number of aryl methyl sites for hydroxylation is 2. The Morgan fingerprint density at radius 1 is 1.09 bits per heavy atom. The van der Waals surface area contributed by atoms with Crippen LogP contribution >= 0.6 is 11.3 Å². The van der Waals surface area contributed by atoms with Gasteiger partial charge in [0.25, 0.3) is 5.56 Å². The number of thiophene rings is 1. The van der Waals surface area contributed by atoms with Gasteiger partial charge in [-0.1, -0.05) is 49.4 Å². The van der Waals surface area contributed by atoms with Crippen LogP contribution in [0.5, 0.6) is 0 Å². The molecule has 8 heteroatoms. The summed E-state index contributed by atoms with van der Waals surface area (Å²) >= 11 is 1.12. The van der Waals surface area contributed by atoms with Gasteiger partial charge in [0.2, 0.25) is 5.91 Å². The van der Waals surface area contributed by atoms with Gasteiger partial charge in [-0.05, 0) is 49.1 Å². The van der Waals surface area contributed by atoms with E-state index in [4.69, 9.17) is 4.74 Å². The molecule has 0 fully saturated rings. The van der Waals surface area contributed by atoms with Crippen molar-refractivity contribution in [1.29, 1.82) is 0 Å². The zero-order chi connectivity index (χ0) is 24.2. The predicted octanol–water partition coefficient (Wildman–Crippen LogP) is 4.89. The lowest BCUT2D eigenvalue weighted by molar-refractivity contribution is -0.118. The molecule has 1 amide bonds. The van der Waals surface area contributed by atoms with Gasteiger partial charge in [-0.3, -0.25) is 14.2 Å². The SMILES string of the molecule is CCc1ccc(NC(=O)C(C)n2cnc3sc(C(=O)OCc4ccccc4)c(C)c3c2=O)cc1. The molecule has 2 aromatic carbocycles. The maximum atomic E-state index is 13.2. The molecule has 2 aromatic heterocycles. The molecule has 0 spiro atoms. The number of carbonyl (C=O) groups excluding carboxylic acids is 2. The summed E-state index contributed by atoms with van der Waals surface area (Å²) in [7, 11) is 0. The highest BCUT2D eigenvalue weighted by Crippen LogP contribution is 2.28. The highest BCUT2D eigenvalue weighted by Gasteiger charge is 2.23. The number of hydrogen-bond acceptors (Lipinski definition) is 6. The standard InChI is InChI=1S/C26H25N3O4S/c1-4-18-10-12-20(13-11-18)28-23(30)17(3)29-15-27-24-21(25(29)31)16(2)22(34-24)26(32)33-14-19-8-6-5-7-9-19/h5-13,15,17H,4,14H2,1-3H3,(H,28,30). The average Bonchev–Trinajstić information content (AvgIpc) is 3.20. The van der Waals surface area contributed by atoms with Gasteiger partial charge in [0.15, 0.2) is 0 Å². The Kier molecular flexibility index (Phi) is 6.88. The van der Waals surface area contributed by atoms with Gasteiger partial charge in [0.1, 0.15) is 22.4 Å². The van der Waals surface area contributed by atoms with E-state index in [1.807, 2.05) is 54.6 Å². The van der Waals surface area contributed by atoms with Crippen LogP contribution in [-0.2, 0) is 22.6 Å². The number of nitrogens with zero attached hydrogens (tertiary/aromatic N) is 2. The number of fused-ring (bicyclic) bond motifs is 1. The number of nitrogens with one attached hydrogen (secondary N) is 1. The van der Waals surface area contributed by atoms with Crippen LogP contribution in [0, 0.1) is 6.92 Å². The highest BCUT2D eigenvalue weighted by molar-refractivity contribution is 7.20. The van der Waals surface area contributed by atoms with Crippen molar-refractivity contribution in [2.24, 2.45) is 0 Å². The molecule has 0 aliphatic rings. The summed E-state index contributed by atoms with van der Waals surface area (Å²) in [5.74, 6) is -0.834. The number of amides is 1. The van der Waals surface area contributed by atoms with Gasteiger partial charge in [0.05, 0.1) is 11.7 Å². The van der Waals surface area contributed by atoms with Gasteiger partial charge in [-0.15, -0.1) is 11.3 Å². The van der Waals surface area contributed by atoms with Crippen molar-refractivity contribution in [2.45, 2.75) is 39.8 Å². The van der Waals surface area contributed by atoms with Crippen molar-refractivity contribution in [3.05, 3.63) is 92.8 Å². The second-order valence-corrected chi connectivity index (χ2v) is 8.97. The highest BCUT2D eigenvalue weighted by atomic mass is 32.1. The molecule has 1 unspecified atom stereocenters. The normalized spacial score (nSPS) is 11.9. The average molecular weight is 476 g/mol. The van der Waals surface area contributed by atoms with Gasteiger partial charge in [-0.2, -0.15) is 0 Å². The molecule has 1 atom stereocenters. The van der Waals surface area contributed by atoms with Crippen LogP contribution in [0.25, 0.3) is 10.2 Å². The molecule has 174 valence electrons. The van der Waals surface area contributed by atoms with Gasteiger partial charge in [-0.25, -0.2) is 9.78 Å². The first kappa shape index (κ1) is 23.4. The topological polar surface area (TPSA) is 90.3 Å². The van der Waals surface area contributed by atoms with Crippen LogP contribution in [0.3, 0.4) is 0 Å². The Morgan fingerprint density at radius 2 is 1.79 bits per heavy atom. The van der Waals surface area contributed by atoms with Crippen LogP contribution in [0.15, 0.2) is 65.7 Å². The number of hydrogen-bond donors (Lipinski definition) is 1. The molecule has 7 nitrogen and oxygen atoms in total. The number of aromatic nitrogens is 2. The van der Waals surface area contributed by atoms with Crippen molar-refractivity contribution >= 4 is 39.1 Å². The summed E-state index contributed by atoms with van der Waals surface area (Å²) in [5.41, 5.74) is 2.84. The molecule has 0 radical (unpaired) electrons. The number of ether oxygens (including phenoxy) is 1. The minimum atomic E-state index is -0.789. The Hall–Kier alpha value is -3.78. The molecule has 0 saturated carbocycles. The van der Waals surface area contributed by atoms with Gasteiger partial charge >= 0.3 is 5.97 Å². The van der Waals surface area contributed by atoms with Crippen LogP contribution < -0.4 is 10.9 Å². The summed E-state index contributed by atoms with van der Waals surface area (Å²) in [6.45, 7) is 5.54. The Balaban J connectivity index is 1.55. The number of rotatable bonds is 7. The third-order valence-electron chi connectivity index (χ3n) is 5.70. The summed E-state index contributed by atoms with van der Waals surface area (Å²) < 4.78 is 6.72. The fourth-order valence-corrected chi connectivity index (χ4v) is 4.63. The first-order valence-electron chi connectivity index (χ1n) is 11.0. The van der Waals surface area contributed by atoms with E-state index in [2.05, 4.69) is 17.2 Å². The van der Waals surface area contributed by atoms with Crippen molar-refractivity contribution in [1.82, 2.24) is 9.55 Å². The summed E-state index contributed by atoms with van der Waals surface area (Å²) in [4.78, 5) is 43.9. The quantitative estimate of drug-likeness (QED) is 0.385. The summed E-state index contributed by atoms with van der Waals surface area (Å²) in [6, 6.07) is 16.2. The monoisotopic (exact) mass is 475 g/mol. The number of esters is 1. The maximum absolute atomic E-state index is 13.2. The van der Waals surface area contributed by atoms with E-state index in [1.54, 1.807) is 13.8 Å². The summed E-state index contributed by atoms with van der Waals surface area (Å²) in [6.07, 6.45) is 2.26. The van der Waals surface area contributed by atoms with E-state index in [0.717, 1.165) is 23.3 Å². The van der Waals surface area contributed by atoms with Crippen LogP contribution in [0.4, 0.5) is 5.69 Å². The Bertz CT molecular complexity index is 1390. The predicted molar refractivity (Wildman–Crippen MR) is 133 cm³/mol. The second-order valence-electron chi connectivity index (χ2n) is 7.97. The molecule has 4 rings (SSSR count). The van der Waals surface area contributed by atoms with Crippen LogP contribution in [-0.4, -0.2) is 21.4 Å². The van der Waals surface area contributed by atoms with E-state index >= 15 is 0 Å². The van der Waals surface area contributed by atoms with Crippen LogP contribution in [0.1, 0.15) is 46.3 Å². The van der Waals surface area contributed by atoms with Crippen molar-refractivity contribution in [3.63, 3.8) is 0 Å². The minimum absolute atomic E-state index is 0.140. The number of benzene rings is 2. The minimum Gasteiger partial charge on any atom is -0.457 e. The van der Waals surface area contributed by atoms with E-state index in [9.17, 15) is 14.4 Å². The fraction of sp³-hybridized carbons (Fsp3) is 0.231. The van der Waals surface area contributed by atoms with E-state index in [1.165, 1.54) is 16.5 Å². The lowest BCUT2D eigenvalue weighted by Crippen LogP contribution is -2.31. The molecular formula is C26H25N3O4S. The molecule has 0 saturated heterocycles. The Morgan fingerprint density at radius 3 is 2.47 bits per heavy atom. The molecule has 4 aromatic rings. The van der Waals surface area contributed by atoms with Crippen LogP contribution in [0.2, 0.25) is 0 Å². The first-order valence-corrected chi connectivity index (χ1v) is 11.8. The second kappa shape index (κ2) is 10.0. The number of carbonyl (C=O) groups is 2. The molecular weight excluding hydrogens is 450 g/mol. The lowest BCUT2D eigenvalue weighted by Gasteiger charge is -2.15. The van der Waals surface area contributed by atoms with Gasteiger partial charge < -0.3 is 10.1 Å². The molecule has 0 aliphatic heterocycles. The molecule has 34 heavy (non-hydrogen) atoms. The maximum Gasteiger partial charge on any atom is 0.349 e. The first-order chi connectivity index (χ1) is 16.4. The zero-order valence-electron chi connectivity index (χ0n) is 19.2. The molecule has 0 bridgehead atoms. The van der Waals surface area contributed by atoms with Crippen molar-refractivity contribution < 1.29 is 14.3 Å². The molecule has 0 aliphatic carbocycles. The largest absolute Gasteiger partial charge is 0.457 e. The molecule has 2 heterocycles.